The number of hydrogen-bond donors (Lipinski definition) is 1. The van der Waals surface area contributed by atoms with Gasteiger partial charge in [0.25, 0.3) is 0 Å². The largest absolute Gasteiger partial charge is 0.303 e. The third kappa shape index (κ3) is 3.46. The van der Waals surface area contributed by atoms with Crippen LogP contribution in [0.4, 0.5) is 0 Å². The van der Waals surface area contributed by atoms with Gasteiger partial charge in [0.1, 0.15) is 0 Å². The molecular formula is C15H27N3. The zero-order chi connectivity index (χ0) is 12.8. The molecule has 1 spiro atoms. The maximum atomic E-state index is 9.02. The van der Waals surface area contributed by atoms with E-state index in [1.165, 1.54) is 51.6 Å². The van der Waals surface area contributed by atoms with Gasteiger partial charge in [0, 0.05) is 6.54 Å². The molecule has 0 amide bonds. The number of nitrogens with one attached hydrogen (secondary N) is 1. The Balaban J connectivity index is 1.69. The van der Waals surface area contributed by atoms with Crippen molar-refractivity contribution in [1.29, 1.82) is 5.26 Å². The molecule has 1 atom stereocenters. The van der Waals surface area contributed by atoms with Gasteiger partial charge in [0.2, 0.25) is 0 Å². The quantitative estimate of drug-likeness (QED) is 0.814. The smallest absolute Gasteiger partial charge is 0.0965 e. The predicted molar refractivity (Wildman–Crippen MR) is 74.3 cm³/mol. The Morgan fingerprint density at radius 3 is 2.44 bits per heavy atom. The van der Waals surface area contributed by atoms with Crippen molar-refractivity contribution in [3.63, 3.8) is 0 Å². The Morgan fingerprint density at radius 1 is 1.22 bits per heavy atom. The first-order valence-corrected chi connectivity index (χ1v) is 7.63. The van der Waals surface area contributed by atoms with Gasteiger partial charge in [-0.2, -0.15) is 5.26 Å². The molecule has 0 bridgehead atoms. The molecule has 0 aromatic carbocycles. The summed E-state index contributed by atoms with van der Waals surface area (Å²) >= 11 is 0. The van der Waals surface area contributed by atoms with Crippen LogP contribution in [0.5, 0.6) is 0 Å². The highest BCUT2D eigenvalue weighted by Crippen LogP contribution is 2.46. The third-order valence-electron chi connectivity index (χ3n) is 4.92. The molecule has 1 saturated heterocycles. The van der Waals surface area contributed by atoms with Gasteiger partial charge in [-0.3, -0.25) is 0 Å². The van der Waals surface area contributed by atoms with Crippen LogP contribution in [0.25, 0.3) is 0 Å². The molecule has 0 radical (unpaired) electrons. The summed E-state index contributed by atoms with van der Waals surface area (Å²) in [7, 11) is 0. The van der Waals surface area contributed by atoms with Crippen LogP contribution in [0.2, 0.25) is 0 Å². The standard InChI is InChI=1S/C15H27N3/c1-2-17-14(13-16)5-10-18-11-8-15(9-12-18)6-3-4-7-15/h14,17H,2-12H2,1H3. The first kappa shape index (κ1) is 13.8. The SMILES string of the molecule is CCNC(C#N)CCN1CCC2(CCCC2)CC1. The molecule has 0 aromatic rings. The minimum atomic E-state index is 0.0392. The summed E-state index contributed by atoms with van der Waals surface area (Å²) in [6.45, 7) is 6.55. The first-order valence-electron chi connectivity index (χ1n) is 7.63. The zero-order valence-corrected chi connectivity index (χ0v) is 11.7. The maximum Gasteiger partial charge on any atom is 0.0965 e. The number of nitrogens with zero attached hydrogens (tertiary/aromatic N) is 2. The first-order chi connectivity index (χ1) is 8.78. The Hall–Kier alpha value is -0.590. The van der Waals surface area contributed by atoms with E-state index in [-0.39, 0.29) is 6.04 Å². The minimum Gasteiger partial charge on any atom is -0.303 e. The molecule has 1 N–H and O–H groups in total. The van der Waals surface area contributed by atoms with Crippen LogP contribution in [0.3, 0.4) is 0 Å². The zero-order valence-electron chi connectivity index (χ0n) is 11.7. The predicted octanol–water partition coefficient (Wildman–Crippen LogP) is 2.53. The van der Waals surface area contributed by atoms with Gasteiger partial charge in [-0.05, 0) is 57.2 Å². The lowest BCUT2D eigenvalue weighted by molar-refractivity contribution is 0.106. The summed E-state index contributed by atoms with van der Waals surface area (Å²) in [6, 6.07) is 2.39. The Kier molecular flexibility index (Phi) is 5.03. The second-order valence-electron chi connectivity index (χ2n) is 6.08. The van der Waals surface area contributed by atoms with Crippen molar-refractivity contribution in [2.45, 2.75) is 57.9 Å². The van der Waals surface area contributed by atoms with Crippen LogP contribution in [0.1, 0.15) is 51.9 Å². The summed E-state index contributed by atoms with van der Waals surface area (Å²) < 4.78 is 0. The van der Waals surface area contributed by atoms with Crippen LogP contribution in [0.15, 0.2) is 0 Å². The Morgan fingerprint density at radius 2 is 1.89 bits per heavy atom. The lowest BCUT2D eigenvalue weighted by atomic mass is 9.77. The van der Waals surface area contributed by atoms with Crippen molar-refractivity contribution >= 4 is 0 Å². The molecule has 2 aliphatic rings. The van der Waals surface area contributed by atoms with E-state index >= 15 is 0 Å². The molecule has 1 unspecified atom stereocenters. The van der Waals surface area contributed by atoms with Gasteiger partial charge in [-0.25, -0.2) is 0 Å². The van der Waals surface area contributed by atoms with Crippen LogP contribution < -0.4 is 5.32 Å². The van der Waals surface area contributed by atoms with Gasteiger partial charge in [0.15, 0.2) is 0 Å². The van der Waals surface area contributed by atoms with E-state index in [2.05, 4.69) is 23.2 Å². The normalized spacial score (nSPS) is 25.1. The molecule has 1 aliphatic heterocycles. The maximum absolute atomic E-state index is 9.02. The fourth-order valence-corrected chi connectivity index (χ4v) is 3.65. The molecule has 2 rings (SSSR count). The lowest BCUT2D eigenvalue weighted by Crippen LogP contribution is -2.41. The van der Waals surface area contributed by atoms with Gasteiger partial charge in [-0.1, -0.05) is 19.8 Å². The van der Waals surface area contributed by atoms with E-state index in [0.29, 0.717) is 5.41 Å². The number of nitriles is 1. The average molecular weight is 249 g/mol. The molecule has 1 heterocycles. The van der Waals surface area contributed by atoms with Crippen LogP contribution in [-0.2, 0) is 0 Å². The van der Waals surface area contributed by atoms with Crippen molar-refractivity contribution in [2.24, 2.45) is 5.41 Å². The van der Waals surface area contributed by atoms with E-state index in [0.717, 1.165) is 19.5 Å². The van der Waals surface area contributed by atoms with Gasteiger partial charge in [-0.15, -0.1) is 0 Å². The summed E-state index contributed by atoms with van der Waals surface area (Å²) in [5.41, 5.74) is 0.715. The topological polar surface area (TPSA) is 39.1 Å². The minimum absolute atomic E-state index is 0.0392. The van der Waals surface area contributed by atoms with Gasteiger partial charge in [0.05, 0.1) is 12.1 Å². The van der Waals surface area contributed by atoms with Crippen molar-refractivity contribution in [3.8, 4) is 6.07 Å². The molecule has 3 nitrogen and oxygen atoms in total. The fourth-order valence-electron chi connectivity index (χ4n) is 3.65. The molecule has 102 valence electrons. The monoisotopic (exact) mass is 249 g/mol. The van der Waals surface area contributed by atoms with Crippen LogP contribution in [0, 0.1) is 16.7 Å². The van der Waals surface area contributed by atoms with Crippen molar-refractivity contribution in [1.82, 2.24) is 10.2 Å². The lowest BCUT2D eigenvalue weighted by Gasteiger charge is -2.39. The highest BCUT2D eigenvalue weighted by Gasteiger charge is 2.36. The fraction of sp³-hybridized carbons (Fsp3) is 0.933. The molecule has 18 heavy (non-hydrogen) atoms. The molecule has 2 fully saturated rings. The number of hydrogen-bond acceptors (Lipinski definition) is 3. The molecule has 3 heteroatoms. The second kappa shape index (κ2) is 6.54. The molecular weight excluding hydrogens is 222 g/mol. The third-order valence-corrected chi connectivity index (χ3v) is 4.92. The highest BCUT2D eigenvalue weighted by atomic mass is 15.1. The van der Waals surface area contributed by atoms with Gasteiger partial charge >= 0.3 is 0 Å². The Bertz CT molecular complexity index is 279. The van der Waals surface area contributed by atoms with Crippen LogP contribution >= 0.6 is 0 Å². The summed E-state index contributed by atoms with van der Waals surface area (Å²) in [4.78, 5) is 2.56. The van der Waals surface area contributed by atoms with Crippen LogP contribution in [-0.4, -0.2) is 37.1 Å². The summed E-state index contributed by atoms with van der Waals surface area (Å²) in [5.74, 6) is 0. The average Bonchev–Trinajstić information content (AvgIpc) is 2.85. The second-order valence-corrected chi connectivity index (χ2v) is 6.08. The van der Waals surface area contributed by atoms with E-state index < -0.39 is 0 Å². The number of likely N-dealkylation sites (tertiary alicyclic amines) is 1. The number of rotatable bonds is 5. The molecule has 1 saturated carbocycles. The highest BCUT2D eigenvalue weighted by molar-refractivity contribution is 4.92. The van der Waals surface area contributed by atoms with E-state index in [9.17, 15) is 0 Å². The summed E-state index contributed by atoms with van der Waals surface area (Å²) in [5, 5.41) is 12.3. The number of piperidine rings is 1. The van der Waals surface area contributed by atoms with E-state index in [4.69, 9.17) is 5.26 Å². The van der Waals surface area contributed by atoms with E-state index in [1.54, 1.807) is 0 Å². The van der Waals surface area contributed by atoms with Crippen molar-refractivity contribution in [2.75, 3.05) is 26.2 Å². The summed E-state index contributed by atoms with van der Waals surface area (Å²) in [6.07, 6.45) is 9.61. The van der Waals surface area contributed by atoms with Gasteiger partial charge < -0.3 is 10.2 Å². The van der Waals surface area contributed by atoms with E-state index in [1.807, 2.05) is 0 Å². The van der Waals surface area contributed by atoms with Crippen molar-refractivity contribution < 1.29 is 0 Å². The molecule has 1 aliphatic carbocycles. The Labute approximate surface area is 112 Å². The molecule has 0 aromatic heterocycles. The van der Waals surface area contributed by atoms with Crippen molar-refractivity contribution in [3.05, 3.63) is 0 Å².